The normalized spacial score (nSPS) is 16.7. The summed E-state index contributed by atoms with van der Waals surface area (Å²) < 4.78 is 24.2. The topological polar surface area (TPSA) is 107 Å². The summed E-state index contributed by atoms with van der Waals surface area (Å²) in [7, 11) is -3.48. The molecule has 1 aliphatic rings. The van der Waals surface area contributed by atoms with Gasteiger partial charge in [-0.15, -0.1) is 0 Å². The molecule has 21 heavy (non-hydrogen) atoms. The van der Waals surface area contributed by atoms with E-state index in [1.54, 1.807) is 0 Å². The Morgan fingerprint density at radius 3 is 2.38 bits per heavy atom. The Hall–Kier alpha value is -1.91. The van der Waals surface area contributed by atoms with Crippen molar-refractivity contribution in [3.63, 3.8) is 0 Å². The first-order chi connectivity index (χ1) is 9.89. The summed E-state index contributed by atoms with van der Waals surface area (Å²) in [5.41, 5.74) is -0.563. The van der Waals surface area contributed by atoms with Crippen molar-refractivity contribution < 1.29 is 18.3 Å². The van der Waals surface area contributed by atoms with Gasteiger partial charge in [0.25, 0.3) is 0 Å². The summed E-state index contributed by atoms with van der Waals surface area (Å²) in [5, 5.41) is 20.7. The molecule has 1 aromatic rings. The van der Waals surface area contributed by atoms with Crippen LogP contribution in [0.25, 0.3) is 0 Å². The highest BCUT2D eigenvalue weighted by Crippen LogP contribution is 2.31. The number of benzene rings is 1. The van der Waals surface area contributed by atoms with Crippen molar-refractivity contribution in [2.45, 2.75) is 29.7 Å². The van der Waals surface area contributed by atoms with Crippen LogP contribution in [0, 0.1) is 11.3 Å². The minimum atomic E-state index is -3.48. The van der Waals surface area contributed by atoms with Gasteiger partial charge in [0.2, 0.25) is 0 Å². The van der Waals surface area contributed by atoms with E-state index in [1.807, 2.05) is 6.07 Å². The van der Waals surface area contributed by atoms with Crippen LogP contribution in [0.4, 0.5) is 0 Å². The standard InChI is InChI=1S/C14H16N2O4S/c15-10-11-2-4-12(5-3-11)21(19,20)9-8-16-14(13(17)18)6-1-7-14/h2-5,16H,1,6-9H2,(H,17,18). The molecule has 1 fully saturated rings. The van der Waals surface area contributed by atoms with Crippen LogP contribution in [-0.2, 0) is 14.6 Å². The van der Waals surface area contributed by atoms with Crippen LogP contribution < -0.4 is 5.32 Å². The van der Waals surface area contributed by atoms with Gasteiger partial charge in [0.05, 0.1) is 22.3 Å². The van der Waals surface area contributed by atoms with Gasteiger partial charge in [0.15, 0.2) is 9.84 Å². The van der Waals surface area contributed by atoms with Crippen molar-refractivity contribution >= 4 is 15.8 Å². The number of hydrogen-bond donors (Lipinski definition) is 2. The van der Waals surface area contributed by atoms with Gasteiger partial charge in [-0.2, -0.15) is 5.26 Å². The summed E-state index contributed by atoms with van der Waals surface area (Å²) in [6.45, 7) is 0.0919. The van der Waals surface area contributed by atoms with E-state index >= 15 is 0 Å². The predicted octanol–water partition coefficient (Wildman–Crippen LogP) is 0.929. The van der Waals surface area contributed by atoms with Crippen molar-refractivity contribution in [2.75, 3.05) is 12.3 Å². The van der Waals surface area contributed by atoms with Gasteiger partial charge in [-0.3, -0.25) is 4.79 Å². The zero-order valence-electron chi connectivity index (χ0n) is 11.4. The van der Waals surface area contributed by atoms with Gasteiger partial charge in [0.1, 0.15) is 5.54 Å². The van der Waals surface area contributed by atoms with Gasteiger partial charge in [0, 0.05) is 6.54 Å². The molecule has 0 radical (unpaired) electrons. The maximum absolute atomic E-state index is 12.1. The Balaban J connectivity index is 1.98. The summed E-state index contributed by atoms with van der Waals surface area (Å²) in [6.07, 6.45) is 1.89. The number of carbonyl (C=O) groups is 1. The minimum absolute atomic E-state index is 0.0919. The summed E-state index contributed by atoms with van der Waals surface area (Å²) in [6, 6.07) is 7.61. The lowest BCUT2D eigenvalue weighted by molar-refractivity contribution is -0.148. The first-order valence-corrected chi connectivity index (χ1v) is 8.26. The third kappa shape index (κ3) is 3.23. The number of nitrogens with one attached hydrogen (secondary N) is 1. The number of hydrogen-bond acceptors (Lipinski definition) is 5. The third-order valence-corrected chi connectivity index (χ3v) is 5.53. The molecule has 1 aromatic carbocycles. The number of carboxylic acid groups (broad SMARTS) is 1. The zero-order chi connectivity index (χ0) is 15.5. The number of aliphatic carboxylic acids is 1. The van der Waals surface area contributed by atoms with E-state index in [0.717, 1.165) is 6.42 Å². The molecule has 112 valence electrons. The second kappa shape index (κ2) is 5.84. The highest BCUT2D eigenvalue weighted by Gasteiger charge is 2.43. The van der Waals surface area contributed by atoms with E-state index in [1.165, 1.54) is 24.3 Å². The lowest BCUT2D eigenvalue weighted by Crippen LogP contribution is -2.58. The van der Waals surface area contributed by atoms with E-state index in [-0.39, 0.29) is 17.2 Å². The van der Waals surface area contributed by atoms with Crippen LogP contribution in [0.3, 0.4) is 0 Å². The molecular weight excluding hydrogens is 292 g/mol. The number of nitriles is 1. The van der Waals surface area contributed by atoms with Crippen LogP contribution in [0.15, 0.2) is 29.2 Å². The molecule has 0 bridgehead atoms. The van der Waals surface area contributed by atoms with Crippen molar-refractivity contribution in [1.82, 2.24) is 5.32 Å². The van der Waals surface area contributed by atoms with Crippen LogP contribution in [0.5, 0.6) is 0 Å². The predicted molar refractivity (Wildman–Crippen MR) is 75.4 cm³/mol. The first kappa shape index (κ1) is 15.5. The average molecular weight is 308 g/mol. The van der Waals surface area contributed by atoms with Crippen LogP contribution in [0.2, 0.25) is 0 Å². The highest BCUT2D eigenvalue weighted by atomic mass is 32.2. The molecule has 0 saturated heterocycles. The SMILES string of the molecule is N#Cc1ccc(S(=O)(=O)CCNC2(C(=O)O)CCC2)cc1. The lowest BCUT2D eigenvalue weighted by Gasteiger charge is -2.38. The molecular formula is C14H16N2O4S. The fraction of sp³-hybridized carbons (Fsp3) is 0.429. The van der Waals surface area contributed by atoms with Gasteiger partial charge in [-0.05, 0) is 43.5 Å². The first-order valence-electron chi connectivity index (χ1n) is 6.61. The number of sulfone groups is 1. The molecule has 1 saturated carbocycles. The summed E-state index contributed by atoms with van der Waals surface area (Å²) >= 11 is 0. The second-order valence-electron chi connectivity index (χ2n) is 5.12. The number of carboxylic acids is 1. The fourth-order valence-electron chi connectivity index (χ4n) is 2.28. The van der Waals surface area contributed by atoms with Crippen LogP contribution in [0.1, 0.15) is 24.8 Å². The highest BCUT2D eigenvalue weighted by molar-refractivity contribution is 7.91. The number of rotatable bonds is 6. The van der Waals surface area contributed by atoms with Crippen molar-refractivity contribution in [1.29, 1.82) is 5.26 Å². The second-order valence-corrected chi connectivity index (χ2v) is 7.23. The van der Waals surface area contributed by atoms with Crippen LogP contribution in [-0.4, -0.2) is 37.3 Å². The van der Waals surface area contributed by atoms with Gasteiger partial charge in [-0.1, -0.05) is 0 Å². The molecule has 2 rings (SSSR count). The maximum Gasteiger partial charge on any atom is 0.323 e. The fourth-order valence-corrected chi connectivity index (χ4v) is 3.43. The molecule has 2 N–H and O–H groups in total. The molecule has 1 aliphatic carbocycles. The Bertz CT molecular complexity index is 670. The number of nitrogens with zero attached hydrogens (tertiary/aromatic N) is 1. The maximum atomic E-state index is 12.1. The van der Waals surface area contributed by atoms with Gasteiger partial charge >= 0.3 is 5.97 Å². The molecule has 0 spiro atoms. The van der Waals surface area contributed by atoms with E-state index in [2.05, 4.69) is 5.32 Å². The van der Waals surface area contributed by atoms with E-state index in [0.29, 0.717) is 18.4 Å². The van der Waals surface area contributed by atoms with Crippen molar-refractivity contribution in [2.24, 2.45) is 0 Å². The molecule has 6 nitrogen and oxygen atoms in total. The molecule has 0 atom stereocenters. The Morgan fingerprint density at radius 2 is 1.95 bits per heavy atom. The van der Waals surface area contributed by atoms with Crippen molar-refractivity contribution in [3.8, 4) is 6.07 Å². The Labute approximate surface area is 123 Å². The molecule has 0 aromatic heterocycles. The zero-order valence-corrected chi connectivity index (χ0v) is 12.2. The summed E-state index contributed by atoms with van der Waals surface area (Å²) in [5.74, 6) is -1.10. The van der Waals surface area contributed by atoms with Crippen molar-refractivity contribution in [3.05, 3.63) is 29.8 Å². The van der Waals surface area contributed by atoms with Crippen LogP contribution >= 0.6 is 0 Å². The third-order valence-electron chi connectivity index (χ3n) is 3.79. The Kier molecular flexibility index (Phi) is 4.30. The van der Waals surface area contributed by atoms with E-state index < -0.39 is 21.3 Å². The molecule has 0 aliphatic heterocycles. The van der Waals surface area contributed by atoms with Gasteiger partial charge < -0.3 is 10.4 Å². The minimum Gasteiger partial charge on any atom is -0.480 e. The monoisotopic (exact) mass is 308 g/mol. The Morgan fingerprint density at radius 1 is 1.33 bits per heavy atom. The molecule has 7 heteroatoms. The van der Waals surface area contributed by atoms with E-state index in [9.17, 15) is 13.2 Å². The average Bonchev–Trinajstić information content (AvgIpc) is 2.41. The molecule has 0 unspecified atom stereocenters. The largest absolute Gasteiger partial charge is 0.480 e. The quantitative estimate of drug-likeness (QED) is 0.809. The smallest absolute Gasteiger partial charge is 0.323 e. The lowest BCUT2D eigenvalue weighted by atomic mass is 9.77. The summed E-state index contributed by atoms with van der Waals surface area (Å²) in [4.78, 5) is 11.3. The molecule has 0 heterocycles. The molecule has 0 amide bonds. The van der Waals surface area contributed by atoms with Gasteiger partial charge in [-0.25, -0.2) is 8.42 Å². The van der Waals surface area contributed by atoms with E-state index in [4.69, 9.17) is 10.4 Å².